The summed E-state index contributed by atoms with van der Waals surface area (Å²) in [6, 6.07) is 21.8. The molecule has 0 aromatic heterocycles. The highest BCUT2D eigenvalue weighted by atomic mass is 16.6. The van der Waals surface area contributed by atoms with Gasteiger partial charge in [0.15, 0.2) is 6.61 Å². The van der Waals surface area contributed by atoms with E-state index in [0.717, 1.165) is 12.0 Å². The molecule has 0 heterocycles. The zero-order chi connectivity index (χ0) is 22.8. The maximum atomic E-state index is 12.3. The molecule has 3 aromatic carbocycles. The number of hydrogen-bond donors (Lipinski definition) is 2. The summed E-state index contributed by atoms with van der Waals surface area (Å²) in [4.78, 5) is 34.3. The second kappa shape index (κ2) is 11.1. The first-order valence-corrected chi connectivity index (χ1v) is 9.74. The number of amides is 2. The minimum Gasteiger partial charge on any atom is -0.493 e. The molecule has 0 fully saturated rings. The van der Waals surface area contributed by atoms with E-state index in [1.165, 1.54) is 24.3 Å². The Balaban J connectivity index is 1.42. The lowest BCUT2D eigenvalue weighted by atomic mass is 10.2. The van der Waals surface area contributed by atoms with E-state index in [9.17, 15) is 19.7 Å². The molecule has 0 aliphatic carbocycles. The van der Waals surface area contributed by atoms with Crippen molar-refractivity contribution >= 4 is 17.5 Å². The first-order valence-electron chi connectivity index (χ1n) is 9.74. The first kappa shape index (κ1) is 22.3. The van der Waals surface area contributed by atoms with Crippen LogP contribution in [0.4, 0.5) is 5.69 Å². The molecule has 2 N–H and O–H groups in total. The molecule has 0 spiro atoms. The summed E-state index contributed by atoms with van der Waals surface area (Å²) in [7, 11) is 0. The van der Waals surface area contributed by atoms with Gasteiger partial charge >= 0.3 is 0 Å². The van der Waals surface area contributed by atoms with Crippen molar-refractivity contribution in [3.8, 4) is 11.5 Å². The third-order valence-corrected chi connectivity index (χ3v) is 4.33. The van der Waals surface area contributed by atoms with E-state index < -0.39 is 16.7 Å². The molecule has 0 radical (unpaired) electrons. The van der Waals surface area contributed by atoms with Crippen LogP contribution in [0, 0.1) is 10.1 Å². The van der Waals surface area contributed by atoms with Gasteiger partial charge < -0.3 is 9.47 Å². The minimum absolute atomic E-state index is 0.0830. The summed E-state index contributed by atoms with van der Waals surface area (Å²) >= 11 is 0. The molecule has 164 valence electrons. The highest BCUT2D eigenvalue weighted by molar-refractivity contribution is 5.95. The number of nitrogens with one attached hydrogen (secondary N) is 2. The van der Waals surface area contributed by atoms with Crippen molar-refractivity contribution in [3.05, 3.63) is 100 Å². The van der Waals surface area contributed by atoms with Gasteiger partial charge in [0, 0.05) is 24.1 Å². The van der Waals surface area contributed by atoms with Gasteiger partial charge in [0.25, 0.3) is 17.5 Å². The molecule has 9 nitrogen and oxygen atoms in total. The van der Waals surface area contributed by atoms with Crippen LogP contribution in [0.3, 0.4) is 0 Å². The second-order valence-corrected chi connectivity index (χ2v) is 6.65. The van der Waals surface area contributed by atoms with Crippen molar-refractivity contribution in [2.75, 3.05) is 13.2 Å². The highest BCUT2D eigenvalue weighted by Gasteiger charge is 2.10. The quantitative estimate of drug-likeness (QED) is 0.394. The van der Waals surface area contributed by atoms with Crippen LogP contribution in [0.25, 0.3) is 0 Å². The van der Waals surface area contributed by atoms with Gasteiger partial charge in [-0.2, -0.15) is 0 Å². The minimum atomic E-state index is -0.591. The molecule has 0 atom stereocenters. The number of hydrogen-bond acceptors (Lipinski definition) is 6. The Morgan fingerprint density at radius 2 is 1.59 bits per heavy atom. The molecular weight excluding hydrogens is 414 g/mol. The van der Waals surface area contributed by atoms with Crippen molar-refractivity contribution < 1.29 is 24.0 Å². The van der Waals surface area contributed by atoms with E-state index in [2.05, 4.69) is 10.9 Å². The third kappa shape index (κ3) is 6.84. The Bertz CT molecular complexity index is 1070. The number of benzene rings is 3. The lowest BCUT2D eigenvalue weighted by molar-refractivity contribution is -0.384. The monoisotopic (exact) mass is 435 g/mol. The summed E-state index contributed by atoms with van der Waals surface area (Å²) in [5, 5.41) is 10.6. The number of carbonyl (C=O) groups excluding carboxylic acids is 2. The van der Waals surface area contributed by atoms with Crippen LogP contribution >= 0.6 is 0 Å². The highest BCUT2D eigenvalue weighted by Crippen LogP contribution is 2.17. The molecule has 2 amide bonds. The van der Waals surface area contributed by atoms with Gasteiger partial charge in [0.1, 0.15) is 11.5 Å². The van der Waals surface area contributed by atoms with Crippen LogP contribution in [-0.4, -0.2) is 30.0 Å². The molecule has 0 saturated carbocycles. The average Bonchev–Trinajstić information content (AvgIpc) is 2.82. The molecule has 9 heteroatoms. The fraction of sp³-hybridized carbons (Fsp3) is 0.130. The van der Waals surface area contributed by atoms with Gasteiger partial charge in [0.05, 0.1) is 11.5 Å². The molecule has 32 heavy (non-hydrogen) atoms. The number of nitro benzene ring substituents is 1. The van der Waals surface area contributed by atoms with Crippen LogP contribution in [0.15, 0.2) is 78.9 Å². The van der Waals surface area contributed by atoms with Gasteiger partial charge in [-0.1, -0.05) is 36.4 Å². The second-order valence-electron chi connectivity index (χ2n) is 6.65. The smallest absolute Gasteiger partial charge is 0.276 e. The van der Waals surface area contributed by atoms with Crippen LogP contribution in [-0.2, 0) is 11.2 Å². The zero-order valence-electron chi connectivity index (χ0n) is 17.0. The number of nitrogens with zero attached hydrogens (tertiary/aromatic N) is 1. The van der Waals surface area contributed by atoms with E-state index >= 15 is 0 Å². The number of hydrazine groups is 1. The molecule has 3 aromatic rings. The summed E-state index contributed by atoms with van der Waals surface area (Å²) in [6.07, 6.45) is 0.738. The van der Waals surface area contributed by atoms with Crippen LogP contribution < -0.4 is 20.3 Å². The van der Waals surface area contributed by atoms with E-state index in [1.807, 2.05) is 30.3 Å². The Morgan fingerprint density at radius 3 is 2.31 bits per heavy atom. The number of ether oxygens (including phenoxy) is 2. The molecule has 0 saturated heterocycles. The summed E-state index contributed by atoms with van der Waals surface area (Å²) < 4.78 is 10.9. The molecule has 0 unspecified atom stereocenters. The van der Waals surface area contributed by atoms with Crippen molar-refractivity contribution in [2.45, 2.75) is 6.42 Å². The van der Waals surface area contributed by atoms with Crippen molar-refractivity contribution in [2.24, 2.45) is 0 Å². The predicted molar refractivity (Wildman–Crippen MR) is 116 cm³/mol. The Kier molecular flexibility index (Phi) is 7.74. The van der Waals surface area contributed by atoms with Gasteiger partial charge in [-0.05, 0) is 35.9 Å². The Hall–Kier alpha value is -4.40. The molecule has 3 rings (SSSR count). The van der Waals surface area contributed by atoms with Crippen LogP contribution in [0.1, 0.15) is 15.9 Å². The fourth-order valence-electron chi connectivity index (χ4n) is 2.71. The maximum absolute atomic E-state index is 12.3. The zero-order valence-corrected chi connectivity index (χ0v) is 17.0. The fourth-order valence-corrected chi connectivity index (χ4v) is 2.71. The summed E-state index contributed by atoms with van der Waals surface area (Å²) in [6.45, 7) is 0.0898. The lowest BCUT2D eigenvalue weighted by Crippen LogP contribution is -2.43. The van der Waals surface area contributed by atoms with Crippen molar-refractivity contribution in [1.82, 2.24) is 10.9 Å². The number of nitro groups is 1. The van der Waals surface area contributed by atoms with Crippen molar-refractivity contribution in [3.63, 3.8) is 0 Å². The van der Waals surface area contributed by atoms with Crippen LogP contribution in [0.5, 0.6) is 11.5 Å². The third-order valence-electron chi connectivity index (χ3n) is 4.33. The topological polar surface area (TPSA) is 120 Å². The van der Waals surface area contributed by atoms with E-state index in [4.69, 9.17) is 9.47 Å². The number of carbonyl (C=O) groups is 2. The van der Waals surface area contributed by atoms with E-state index in [0.29, 0.717) is 17.9 Å². The molecular formula is C23H21N3O6. The van der Waals surface area contributed by atoms with Crippen molar-refractivity contribution in [1.29, 1.82) is 0 Å². The number of non-ortho nitro benzene ring substituents is 1. The Morgan fingerprint density at radius 1 is 0.844 bits per heavy atom. The first-order chi connectivity index (χ1) is 15.5. The molecule has 0 aliphatic heterocycles. The van der Waals surface area contributed by atoms with E-state index in [1.54, 1.807) is 24.3 Å². The predicted octanol–water partition coefficient (Wildman–Crippen LogP) is 3.06. The largest absolute Gasteiger partial charge is 0.493 e. The van der Waals surface area contributed by atoms with Gasteiger partial charge in [-0.15, -0.1) is 0 Å². The lowest BCUT2D eigenvalue weighted by Gasteiger charge is -2.10. The normalized spacial score (nSPS) is 10.1. The Labute approximate surface area is 184 Å². The summed E-state index contributed by atoms with van der Waals surface area (Å²) in [5.41, 5.74) is 5.95. The van der Waals surface area contributed by atoms with Crippen LogP contribution in [0.2, 0.25) is 0 Å². The molecule has 0 bridgehead atoms. The number of rotatable bonds is 9. The standard InChI is InChI=1S/C23H21N3O6/c27-22(16-32-20-11-9-19(10-12-20)26(29)30)24-25-23(28)18-7-4-8-21(15-18)31-14-13-17-5-2-1-3-6-17/h1-12,15H,13-14,16H2,(H,24,27)(H,25,28). The van der Waals surface area contributed by atoms with E-state index in [-0.39, 0.29) is 18.0 Å². The van der Waals surface area contributed by atoms with Gasteiger partial charge in [-0.25, -0.2) is 0 Å². The molecule has 0 aliphatic rings. The van der Waals surface area contributed by atoms with Gasteiger partial charge in [0.2, 0.25) is 0 Å². The maximum Gasteiger partial charge on any atom is 0.276 e. The average molecular weight is 435 g/mol. The summed E-state index contributed by atoms with van der Waals surface area (Å²) in [5.74, 6) is -0.270. The van der Waals surface area contributed by atoms with Gasteiger partial charge in [-0.3, -0.25) is 30.6 Å². The SMILES string of the molecule is O=C(COc1ccc([N+](=O)[O-])cc1)NNC(=O)c1cccc(OCCc2ccccc2)c1.